The standard InChI is InChI=1S/C25H35N7O4S/c1-6-20(21-9-7-8-10-36-21)32-24(19-11-16(2)12-26-15-19)29-30-25(32)31-37(33,34)18(4)22(35-5)23-27-13-17(3)14-28-23/h11-15,18,20-22H,6-10H2,1-5H3,(H,30,31)/t18?,20?,21-,22?/m0/s1. The average Bonchev–Trinajstić information content (AvgIpc) is 3.29. The van der Waals surface area contributed by atoms with Crippen LogP contribution in [0.2, 0.25) is 0 Å². The topological polar surface area (TPSA) is 134 Å². The number of sulfonamides is 1. The van der Waals surface area contributed by atoms with E-state index in [-0.39, 0.29) is 18.1 Å². The lowest BCUT2D eigenvalue weighted by Gasteiger charge is -2.32. The van der Waals surface area contributed by atoms with Gasteiger partial charge in [-0.05, 0) is 63.6 Å². The van der Waals surface area contributed by atoms with Crippen molar-refractivity contribution in [2.45, 2.75) is 76.9 Å². The number of hydrogen-bond donors (Lipinski definition) is 1. The number of aromatic nitrogens is 6. The highest BCUT2D eigenvalue weighted by atomic mass is 32.2. The van der Waals surface area contributed by atoms with Crippen molar-refractivity contribution in [3.63, 3.8) is 0 Å². The Balaban J connectivity index is 1.73. The quantitative estimate of drug-likeness (QED) is 0.416. The van der Waals surface area contributed by atoms with E-state index in [1.54, 1.807) is 31.7 Å². The summed E-state index contributed by atoms with van der Waals surface area (Å²) in [5, 5.41) is 7.68. The van der Waals surface area contributed by atoms with Gasteiger partial charge in [-0.15, -0.1) is 10.2 Å². The lowest BCUT2D eigenvalue weighted by Crippen LogP contribution is -2.35. The van der Waals surface area contributed by atoms with Gasteiger partial charge in [0.15, 0.2) is 11.6 Å². The fraction of sp³-hybridized carbons (Fsp3) is 0.560. The SMILES string of the molecule is CCC([C@@H]1CCCCO1)n1c(NS(=O)(=O)C(C)C(OC)c2ncc(C)cn2)nnc1-c1cncc(C)c1. The lowest BCUT2D eigenvalue weighted by molar-refractivity contribution is -0.0169. The maximum atomic E-state index is 13.6. The van der Waals surface area contributed by atoms with Crippen molar-refractivity contribution in [3.05, 3.63) is 47.8 Å². The van der Waals surface area contributed by atoms with E-state index in [4.69, 9.17) is 9.47 Å². The third-order valence-corrected chi connectivity index (χ3v) is 8.37. The van der Waals surface area contributed by atoms with Crippen LogP contribution >= 0.6 is 0 Å². The summed E-state index contributed by atoms with van der Waals surface area (Å²) in [4.78, 5) is 12.9. The van der Waals surface area contributed by atoms with Crippen molar-refractivity contribution in [1.29, 1.82) is 0 Å². The maximum absolute atomic E-state index is 13.6. The van der Waals surface area contributed by atoms with Gasteiger partial charge >= 0.3 is 0 Å². The molecule has 3 aromatic rings. The minimum absolute atomic E-state index is 0.0837. The number of rotatable bonds is 10. The van der Waals surface area contributed by atoms with Crippen LogP contribution in [0.15, 0.2) is 30.9 Å². The molecule has 11 nitrogen and oxygen atoms in total. The lowest BCUT2D eigenvalue weighted by atomic mass is 9.99. The van der Waals surface area contributed by atoms with Gasteiger partial charge < -0.3 is 9.47 Å². The van der Waals surface area contributed by atoms with Gasteiger partial charge in [0, 0.05) is 44.1 Å². The molecule has 0 aromatic carbocycles. The highest BCUT2D eigenvalue weighted by Crippen LogP contribution is 2.34. The van der Waals surface area contributed by atoms with Gasteiger partial charge in [-0.1, -0.05) is 6.92 Å². The Labute approximate surface area is 218 Å². The van der Waals surface area contributed by atoms with Crippen LogP contribution in [-0.2, 0) is 19.5 Å². The van der Waals surface area contributed by atoms with E-state index < -0.39 is 21.4 Å². The molecule has 4 heterocycles. The average molecular weight is 530 g/mol. The monoisotopic (exact) mass is 529 g/mol. The number of nitrogens with zero attached hydrogens (tertiary/aromatic N) is 6. The van der Waals surface area contributed by atoms with Crippen LogP contribution in [0, 0.1) is 13.8 Å². The number of aryl methyl sites for hydroxylation is 2. The van der Waals surface area contributed by atoms with Crippen molar-refractivity contribution in [2.75, 3.05) is 18.4 Å². The summed E-state index contributed by atoms with van der Waals surface area (Å²) in [6.45, 7) is 8.10. The van der Waals surface area contributed by atoms with E-state index >= 15 is 0 Å². The highest BCUT2D eigenvalue weighted by Gasteiger charge is 2.36. The number of hydrogen-bond acceptors (Lipinski definition) is 9. The van der Waals surface area contributed by atoms with E-state index in [1.165, 1.54) is 7.11 Å². The molecule has 0 radical (unpaired) electrons. The zero-order chi connectivity index (χ0) is 26.6. The predicted molar refractivity (Wildman–Crippen MR) is 139 cm³/mol. The first kappa shape index (κ1) is 27.1. The molecule has 3 unspecified atom stereocenters. The smallest absolute Gasteiger partial charge is 0.240 e. The van der Waals surface area contributed by atoms with Gasteiger partial charge in [-0.25, -0.2) is 18.4 Å². The molecule has 1 saturated heterocycles. The minimum atomic E-state index is -3.99. The van der Waals surface area contributed by atoms with Gasteiger partial charge in [0.1, 0.15) is 11.4 Å². The Kier molecular flexibility index (Phi) is 8.50. The number of ether oxygens (including phenoxy) is 2. The van der Waals surface area contributed by atoms with Crippen molar-refractivity contribution < 1.29 is 17.9 Å². The molecule has 12 heteroatoms. The first-order chi connectivity index (χ1) is 17.7. The molecule has 0 spiro atoms. The molecule has 1 aliphatic heterocycles. The fourth-order valence-corrected chi connectivity index (χ4v) is 5.81. The Bertz CT molecular complexity index is 1290. The van der Waals surface area contributed by atoms with Crippen molar-refractivity contribution in [2.24, 2.45) is 0 Å². The summed E-state index contributed by atoms with van der Waals surface area (Å²) < 4.78 is 43.4. The van der Waals surface area contributed by atoms with Gasteiger partial charge in [0.25, 0.3) is 0 Å². The Morgan fingerprint density at radius 1 is 1.14 bits per heavy atom. The largest absolute Gasteiger partial charge is 0.376 e. The third-order valence-electron chi connectivity index (χ3n) is 6.68. The number of methoxy groups -OCH3 is 1. The van der Waals surface area contributed by atoms with E-state index in [9.17, 15) is 8.42 Å². The molecule has 0 amide bonds. The molecule has 0 aliphatic carbocycles. The normalized spacial score (nSPS) is 18.8. The first-order valence-electron chi connectivity index (χ1n) is 12.6. The maximum Gasteiger partial charge on any atom is 0.240 e. The molecule has 0 bridgehead atoms. The van der Waals surface area contributed by atoms with Crippen LogP contribution in [0.25, 0.3) is 11.4 Å². The molecule has 1 N–H and O–H groups in total. The second-order valence-electron chi connectivity index (χ2n) is 9.48. The summed E-state index contributed by atoms with van der Waals surface area (Å²) in [6.07, 6.45) is 9.42. The second-order valence-corrected chi connectivity index (χ2v) is 11.5. The van der Waals surface area contributed by atoms with Crippen LogP contribution in [0.4, 0.5) is 5.95 Å². The molecule has 37 heavy (non-hydrogen) atoms. The van der Waals surface area contributed by atoms with Crippen molar-refractivity contribution >= 4 is 16.0 Å². The third kappa shape index (κ3) is 5.97. The van der Waals surface area contributed by atoms with Crippen LogP contribution in [0.1, 0.15) is 68.6 Å². The predicted octanol–water partition coefficient (Wildman–Crippen LogP) is 3.79. The van der Waals surface area contributed by atoms with E-state index in [2.05, 4.69) is 36.8 Å². The second kappa shape index (κ2) is 11.6. The van der Waals surface area contributed by atoms with Crippen molar-refractivity contribution in [3.8, 4) is 11.4 Å². The van der Waals surface area contributed by atoms with Crippen LogP contribution in [0.5, 0.6) is 0 Å². The van der Waals surface area contributed by atoms with Crippen LogP contribution in [-0.4, -0.2) is 63.2 Å². The highest BCUT2D eigenvalue weighted by molar-refractivity contribution is 7.93. The Hall–Kier alpha value is -2.96. The minimum Gasteiger partial charge on any atom is -0.376 e. The Morgan fingerprint density at radius 2 is 1.89 bits per heavy atom. The molecule has 200 valence electrons. The molecular formula is C25H35N7O4S. The number of nitrogens with one attached hydrogen (secondary N) is 1. The molecule has 4 rings (SSSR count). The van der Waals surface area contributed by atoms with Crippen LogP contribution < -0.4 is 4.72 Å². The summed E-state index contributed by atoms with van der Waals surface area (Å²) in [6, 6.07) is 1.79. The molecular weight excluding hydrogens is 494 g/mol. The van der Waals surface area contributed by atoms with Crippen LogP contribution in [0.3, 0.4) is 0 Å². The summed E-state index contributed by atoms with van der Waals surface area (Å²) in [5.74, 6) is 0.956. The van der Waals surface area contributed by atoms with Gasteiger partial charge in [-0.3, -0.25) is 14.3 Å². The molecule has 1 aliphatic rings. The number of pyridine rings is 1. The van der Waals surface area contributed by atoms with Gasteiger partial charge in [-0.2, -0.15) is 0 Å². The van der Waals surface area contributed by atoms with E-state index in [0.29, 0.717) is 24.7 Å². The van der Waals surface area contributed by atoms with Gasteiger partial charge in [0.2, 0.25) is 16.0 Å². The summed E-state index contributed by atoms with van der Waals surface area (Å²) in [7, 11) is -2.55. The van der Waals surface area contributed by atoms with E-state index in [0.717, 1.165) is 36.0 Å². The molecule has 4 atom stereocenters. The number of anilines is 1. The molecule has 3 aromatic heterocycles. The van der Waals surface area contributed by atoms with E-state index in [1.807, 2.05) is 24.5 Å². The summed E-state index contributed by atoms with van der Waals surface area (Å²) in [5.41, 5.74) is 2.59. The Morgan fingerprint density at radius 3 is 2.51 bits per heavy atom. The van der Waals surface area contributed by atoms with Gasteiger partial charge in [0.05, 0.1) is 12.1 Å². The molecule has 0 saturated carbocycles. The first-order valence-corrected chi connectivity index (χ1v) is 14.1. The van der Waals surface area contributed by atoms with Crippen molar-refractivity contribution in [1.82, 2.24) is 29.7 Å². The zero-order valence-corrected chi connectivity index (χ0v) is 22.8. The summed E-state index contributed by atoms with van der Waals surface area (Å²) >= 11 is 0. The zero-order valence-electron chi connectivity index (χ0n) is 22.0. The fourth-order valence-electron chi connectivity index (χ4n) is 4.67. The molecule has 1 fully saturated rings.